The van der Waals surface area contributed by atoms with E-state index in [4.69, 9.17) is 4.42 Å². The Hall–Kier alpha value is -1.90. The van der Waals surface area contributed by atoms with Crippen molar-refractivity contribution in [2.75, 3.05) is 0 Å². The van der Waals surface area contributed by atoms with Gasteiger partial charge in [-0.1, -0.05) is 24.8 Å². The van der Waals surface area contributed by atoms with Gasteiger partial charge in [-0.15, -0.1) is 10.2 Å². The van der Waals surface area contributed by atoms with Gasteiger partial charge in [-0.3, -0.25) is 0 Å². The molecule has 70 valence electrons. The highest BCUT2D eigenvalue weighted by atomic mass is 16.4. The highest BCUT2D eigenvalue weighted by Gasteiger charge is 2.07. The normalized spacial score (nSPS) is 10.1. The molecule has 2 rings (SSSR count). The van der Waals surface area contributed by atoms with E-state index in [2.05, 4.69) is 16.8 Å². The third-order valence-electron chi connectivity index (χ3n) is 1.81. The van der Waals surface area contributed by atoms with E-state index >= 15 is 0 Å². The largest absolute Gasteiger partial charge is 0.417 e. The molecule has 0 spiro atoms. The van der Waals surface area contributed by atoms with Gasteiger partial charge in [-0.25, -0.2) is 0 Å². The molecule has 0 aliphatic carbocycles. The van der Waals surface area contributed by atoms with Crippen molar-refractivity contribution >= 4 is 5.57 Å². The zero-order valence-electron chi connectivity index (χ0n) is 7.90. The van der Waals surface area contributed by atoms with Gasteiger partial charge in [0.15, 0.2) is 0 Å². The average Bonchev–Trinajstić information content (AvgIpc) is 2.68. The van der Waals surface area contributed by atoms with Crippen LogP contribution in [0, 0.1) is 0 Å². The van der Waals surface area contributed by atoms with Gasteiger partial charge in [0.25, 0.3) is 0 Å². The summed E-state index contributed by atoms with van der Waals surface area (Å²) < 4.78 is 5.41. The molecule has 2 aromatic rings. The maximum atomic E-state index is 5.41. The van der Waals surface area contributed by atoms with Crippen molar-refractivity contribution in [3.05, 3.63) is 42.8 Å². The molecule has 3 nitrogen and oxygen atoms in total. The lowest BCUT2D eigenvalue weighted by atomic mass is 10.2. The summed E-state index contributed by atoms with van der Waals surface area (Å²) in [4.78, 5) is 0. The number of benzene rings is 1. The SMILES string of the molecule is C=C(C)c1nnc(-c2ccccc2)o1. The Morgan fingerprint density at radius 2 is 1.93 bits per heavy atom. The molecule has 0 N–H and O–H groups in total. The number of aromatic nitrogens is 2. The third kappa shape index (κ3) is 1.57. The minimum atomic E-state index is 0.490. The van der Waals surface area contributed by atoms with Crippen molar-refractivity contribution in [3.63, 3.8) is 0 Å². The summed E-state index contributed by atoms with van der Waals surface area (Å²) in [7, 11) is 0. The lowest BCUT2D eigenvalue weighted by Gasteiger charge is -1.91. The van der Waals surface area contributed by atoms with E-state index in [0.29, 0.717) is 11.8 Å². The average molecular weight is 186 g/mol. The molecule has 3 heteroatoms. The van der Waals surface area contributed by atoms with E-state index < -0.39 is 0 Å². The van der Waals surface area contributed by atoms with Crippen LogP contribution in [0.5, 0.6) is 0 Å². The zero-order valence-corrected chi connectivity index (χ0v) is 7.90. The van der Waals surface area contributed by atoms with Crippen molar-refractivity contribution in [2.45, 2.75) is 6.92 Å². The second-order valence-electron chi connectivity index (χ2n) is 3.06. The number of hydrogen-bond acceptors (Lipinski definition) is 3. The Kier molecular flexibility index (Phi) is 2.14. The molecule has 0 radical (unpaired) electrons. The summed E-state index contributed by atoms with van der Waals surface area (Å²) in [5.41, 5.74) is 1.70. The molecule has 0 unspecified atom stereocenters. The van der Waals surface area contributed by atoms with E-state index in [1.54, 1.807) is 0 Å². The molecule has 0 bridgehead atoms. The maximum absolute atomic E-state index is 5.41. The van der Waals surface area contributed by atoms with Gasteiger partial charge in [0.1, 0.15) is 0 Å². The van der Waals surface area contributed by atoms with Crippen molar-refractivity contribution in [2.24, 2.45) is 0 Å². The Morgan fingerprint density at radius 3 is 2.50 bits per heavy atom. The van der Waals surface area contributed by atoms with Crippen LogP contribution in [0.25, 0.3) is 17.0 Å². The molecule has 0 fully saturated rings. The first kappa shape index (κ1) is 8.69. The van der Waals surface area contributed by atoms with Crippen molar-refractivity contribution in [1.29, 1.82) is 0 Å². The smallest absolute Gasteiger partial charge is 0.248 e. The molecule has 0 amide bonds. The summed E-state index contributed by atoms with van der Waals surface area (Å²) in [6, 6.07) is 9.66. The summed E-state index contributed by atoms with van der Waals surface area (Å²) in [6.45, 7) is 5.57. The van der Waals surface area contributed by atoms with Crippen LogP contribution in [-0.4, -0.2) is 10.2 Å². The van der Waals surface area contributed by atoms with Crippen LogP contribution in [0.15, 0.2) is 41.3 Å². The first-order chi connectivity index (χ1) is 6.77. The second-order valence-corrected chi connectivity index (χ2v) is 3.06. The standard InChI is InChI=1S/C11H10N2O/c1-8(2)10-12-13-11(14-10)9-6-4-3-5-7-9/h3-7H,1H2,2H3. The van der Waals surface area contributed by atoms with E-state index in [9.17, 15) is 0 Å². The Labute approximate surface area is 82.1 Å². The van der Waals surface area contributed by atoms with Gasteiger partial charge >= 0.3 is 0 Å². The van der Waals surface area contributed by atoms with Gasteiger partial charge in [-0.05, 0) is 19.1 Å². The van der Waals surface area contributed by atoms with Crippen LogP contribution in [0.3, 0.4) is 0 Å². The van der Waals surface area contributed by atoms with Gasteiger partial charge < -0.3 is 4.42 Å². The highest BCUT2D eigenvalue weighted by molar-refractivity contribution is 5.56. The number of rotatable bonds is 2. The minimum absolute atomic E-state index is 0.490. The van der Waals surface area contributed by atoms with Crippen molar-refractivity contribution in [1.82, 2.24) is 10.2 Å². The van der Waals surface area contributed by atoms with Crippen LogP contribution in [0.1, 0.15) is 12.8 Å². The van der Waals surface area contributed by atoms with E-state index in [-0.39, 0.29) is 0 Å². The fourth-order valence-corrected chi connectivity index (χ4v) is 1.09. The third-order valence-corrected chi connectivity index (χ3v) is 1.81. The molecule has 1 heterocycles. The molecular formula is C11H10N2O. The number of allylic oxidation sites excluding steroid dienone is 1. The number of nitrogens with zero attached hydrogens (tertiary/aromatic N) is 2. The molecule has 0 atom stereocenters. The monoisotopic (exact) mass is 186 g/mol. The van der Waals surface area contributed by atoms with Gasteiger partial charge in [0.2, 0.25) is 11.8 Å². The fourth-order valence-electron chi connectivity index (χ4n) is 1.09. The van der Waals surface area contributed by atoms with Crippen molar-refractivity contribution < 1.29 is 4.42 Å². The summed E-state index contributed by atoms with van der Waals surface area (Å²) in [5.74, 6) is 1.02. The molecule has 1 aromatic heterocycles. The molecule has 0 saturated carbocycles. The van der Waals surface area contributed by atoms with Crippen LogP contribution >= 0.6 is 0 Å². The quantitative estimate of drug-likeness (QED) is 0.723. The predicted octanol–water partition coefficient (Wildman–Crippen LogP) is 2.77. The molecule has 0 aliphatic heterocycles. The zero-order chi connectivity index (χ0) is 9.97. The topological polar surface area (TPSA) is 38.9 Å². The van der Waals surface area contributed by atoms with Gasteiger partial charge in [0, 0.05) is 11.1 Å². The lowest BCUT2D eigenvalue weighted by molar-refractivity contribution is 0.553. The van der Waals surface area contributed by atoms with Crippen LogP contribution in [0.2, 0.25) is 0 Å². The molecular weight excluding hydrogens is 176 g/mol. The molecule has 1 aromatic carbocycles. The molecule has 14 heavy (non-hydrogen) atoms. The second kappa shape index (κ2) is 3.46. The Balaban J connectivity index is 2.39. The molecule has 0 aliphatic rings. The Bertz CT molecular complexity index is 445. The first-order valence-corrected chi connectivity index (χ1v) is 4.32. The first-order valence-electron chi connectivity index (χ1n) is 4.32. The number of hydrogen-bond donors (Lipinski definition) is 0. The minimum Gasteiger partial charge on any atom is -0.417 e. The van der Waals surface area contributed by atoms with E-state index in [0.717, 1.165) is 11.1 Å². The van der Waals surface area contributed by atoms with E-state index in [1.165, 1.54) is 0 Å². The van der Waals surface area contributed by atoms with Crippen LogP contribution in [-0.2, 0) is 0 Å². The fraction of sp³-hybridized carbons (Fsp3) is 0.0909. The maximum Gasteiger partial charge on any atom is 0.248 e. The Morgan fingerprint density at radius 1 is 1.21 bits per heavy atom. The van der Waals surface area contributed by atoms with Crippen LogP contribution in [0.4, 0.5) is 0 Å². The summed E-state index contributed by atoms with van der Waals surface area (Å²) in [5, 5.41) is 7.81. The molecule has 0 saturated heterocycles. The lowest BCUT2D eigenvalue weighted by Crippen LogP contribution is -1.76. The highest BCUT2D eigenvalue weighted by Crippen LogP contribution is 2.19. The van der Waals surface area contributed by atoms with Crippen LogP contribution < -0.4 is 0 Å². The summed E-state index contributed by atoms with van der Waals surface area (Å²) in [6.07, 6.45) is 0. The van der Waals surface area contributed by atoms with Crippen molar-refractivity contribution in [3.8, 4) is 11.5 Å². The predicted molar refractivity (Wildman–Crippen MR) is 54.4 cm³/mol. The van der Waals surface area contributed by atoms with Gasteiger partial charge in [0.05, 0.1) is 0 Å². The van der Waals surface area contributed by atoms with E-state index in [1.807, 2.05) is 37.3 Å². The summed E-state index contributed by atoms with van der Waals surface area (Å²) >= 11 is 0. The van der Waals surface area contributed by atoms with Gasteiger partial charge in [-0.2, -0.15) is 0 Å².